The summed E-state index contributed by atoms with van der Waals surface area (Å²) >= 11 is 0. The molecule has 1 heterocycles. The van der Waals surface area contributed by atoms with Gasteiger partial charge in [-0.3, -0.25) is 4.79 Å². The van der Waals surface area contributed by atoms with Crippen molar-refractivity contribution >= 4 is 17.6 Å². The van der Waals surface area contributed by atoms with E-state index in [4.69, 9.17) is 9.47 Å². The molecule has 0 saturated carbocycles. The number of hydrogen-bond acceptors (Lipinski definition) is 4. The first-order valence-electron chi connectivity index (χ1n) is 8.26. The smallest absolute Gasteiger partial charge is 0.339 e. The number of hydrogen-bond donors (Lipinski definition) is 0. The number of benzene rings is 2. The maximum Gasteiger partial charge on any atom is 0.339 e. The number of rotatable bonds is 4. The van der Waals surface area contributed by atoms with Crippen LogP contribution in [0.5, 0.6) is 5.75 Å². The molecule has 1 aliphatic heterocycles. The normalized spacial score (nSPS) is 14.0. The Labute approximate surface area is 147 Å². The molecule has 3 rings (SSSR count). The quantitative estimate of drug-likeness (QED) is 0.803. The minimum absolute atomic E-state index is 0.211. The van der Waals surface area contributed by atoms with Gasteiger partial charge in [-0.05, 0) is 49.6 Å². The van der Waals surface area contributed by atoms with Crippen molar-refractivity contribution in [2.45, 2.75) is 26.4 Å². The van der Waals surface area contributed by atoms with Gasteiger partial charge in [-0.25, -0.2) is 4.79 Å². The second-order valence-electron chi connectivity index (χ2n) is 6.10. The molecule has 1 aliphatic rings. The summed E-state index contributed by atoms with van der Waals surface area (Å²) in [7, 11) is 1.55. The van der Waals surface area contributed by atoms with Gasteiger partial charge in [-0.1, -0.05) is 24.3 Å². The molecule has 0 fully saturated rings. The molecule has 5 heteroatoms. The van der Waals surface area contributed by atoms with Gasteiger partial charge >= 0.3 is 5.97 Å². The number of esters is 1. The lowest BCUT2D eigenvalue weighted by Crippen LogP contribution is -2.39. The van der Waals surface area contributed by atoms with Crippen LogP contribution in [0.25, 0.3) is 0 Å². The molecule has 0 aliphatic carbocycles. The number of fused-ring (bicyclic) bond motifs is 1. The van der Waals surface area contributed by atoms with Crippen molar-refractivity contribution in [3.63, 3.8) is 0 Å². The molecule has 0 bridgehead atoms. The average Bonchev–Trinajstić information content (AvgIpc) is 3.05. The molecule has 0 aromatic heterocycles. The molecule has 0 saturated heterocycles. The first kappa shape index (κ1) is 17.0. The van der Waals surface area contributed by atoms with E-state index in [-0.39, 0.29) is 5.91 Å². The van der Waals surface area contributed by atoms with Gasteiger partial charge in [0.25, 0.3) is 5.91 Å². The number of amides is 1. The van der Waals surface area contributed by atoms with Crippen molar-refractivity contribution < 1.29 is 19.1 Å². The van der Waals surface area contributed by atoms with Gasteiger partial charge in [0, 0.05) is 12.2 Å². The highest BCUT2D eigenvalue weighted by molar-refractivity contribution is 6.00. The van der Waals surface area contributed by atoms with Crippen LogP contribution in [0.2, 0.25) is 0 Å². The van der Waals surface area contributed by atoms with Crippen LogP contribution < -0.4 is 9.64 Å². The summed E-state index contributed by atoms with van der Waals surface area (Å²) in [6.07, 6.45) is -0.0384. The standard InChI is InChI=1S/C20H21NO4/c1-13-8-9-16(12-18(13)24-3)20(23)25-14(2)19(22)21-11-10-15-6-4-5-7-17(15)21/h4-9,12,14H,10-11H2,1-3H3. The van der Waals surface area contributed by atoms with Gasteiger partial charge in [-0.2, -0.15) is 0 Å². The molecular formula is C20H21NO4. The monoisotopic (exact) mass is 339 g/mol. The number of carbonyl (C=O) groups excluding carboxylic acids is 2. The number of para-hydroxylation sites is 1. The van der Waals surface area contributed by atoms with Crippen LogP contribution in [0.3, 0.4) is 0 Å². The first-order valence-corrected chi connectivity index (χ1v) is 8.26. The van der Waals surface area contributed by atoms with E-state index in [1.165, 1.54) is 0 Å². The minimum atomic E-state index is -0.856. The number of ether oxygens (including phenoxy) is 2. The summed E-state index contributed by atoms with van der Waals surface area (Å²) in [6, 6.07) is 12.9. The van der Waals surface area contributed by atoms with Crippen molar-refractivity contribution in [1.29, 1.82) is 0 Å². The molecule has 5 nitrogen and oxygen atoms in total. The highest BCUT2D eigenvalue weighted by atomic mass is 16.5. The Morgan fingerprint density at radius 2 is 1.92 bits per heavy atom. The SMILES string of the molecule is COc1cc(C(=O)OC(C)C(=O)N2CCc3ccccc32)ccc1C. The maximum absolute atomic E-state index is 12.7. The molecule has 0 radical (unpaired) electrons. The zero-order valence-corrected chi connectivity index (χ0v) is 14.6. The molecule has 130 valence electrons. The molecule has 0 spiro atoms. The van der Waals surface area contributed by atoms with Crippen LogP contribution in [0, 0.1) is 6.92 Å². The summed E-state index contributed by atoms with van der Waals surface area (Å²) in [5, 5.41) is 0. The van der Waals surface area contributed by atoms with E-state index >= 15 is 0 Å². The van der Waals surface area contributed by atoms with Gasteiger partial charge in [0.15, 0.2) is 6.10 Å². The van der Waals surface area contributed by atoms with E-state index in [0.717, 1.165) is 23.2 Å². The number of aryl methyl sites for hydroxylation is 1. The van der Waals surface area contributed by atoms with Crippen molar-refractivity contribution in [2.24, 2.45) is 0 Å². The predicted octanol–water partition coefficient (Wildman–Crippen LogP) is 3.14. The van der Waals surface area contributed by atoms with Crippen LogP contribution in [0.4, 0.5) is 5.69 Å². The lowest BCUT2D eigenvalue weighted by atomic mass is 10.1. The van der Waals surface area contributed by atoms with E-state index in [0.29, 0.717) is 17.9 Å². The molecule has 0 N–H and O–H groups in total. The molecule has 25 heavy (non-hydrogen) atoms. The largest absolute Gasteiger partial charge is 0.496 e. The second-order valence-corrected chi connectivity index (χ2v) is 6.10. The molecule has 1 amide bonds. The lowest BCUT2D eigenvalue weighted by Gasteiger charge is -2.21. The molecule has 1 unspecified atom stereocenters. The Balaban J connectivity index is 1.71. The Bertz CT molecular complexity index is 815. The Morgan fingerprint density at radius 1 is 1.16 bits per heavy atom. The van der Waals surface area contributed by atoms with E-state index in [2.05, 4.69) is 0 Å². The third-order valence-corrected chi connectivity index (χ3v) is 4.43. The van der Waals surface area contributed by atoms with E-state index < -0.39 is 12.1 Å². The van der Waals surface area contributed by atoms with Gasteiger partial charge in [0.05, 0.1) is 12.7 Å². The first-order chi connectivity index (χ1) is 12.0. The Hall–Kier alpha value is -2.82. The fraction of sp³-hybridized carbons (Fsp3) is 0.300. The fourth-order valence-corrected chi connectivity index (χ4v) is 3.01. The topological polar surface area (TPSA) is 55.8 Å². The third-order valence-electron chi connectivity index (χ3n) is 4.43. The highest BCUT2D eigenvalue weighted by Crippen LogP contribution is 2.28. The van der Waals surface area contributed by atoms with Crippen LogP contribution in [0.1, 0.15) is 28.4 Å². The summed E-state index contributed by atoms with van der Waals surface area (Å²) in [5.74, 6) is -0.133. The van der Waals surface area contributed by atoms with Crippen LogP contribution in [-0.4, -0.2) is 31.6 Å². The van der Waals surface area contributed by atoms with Gasteiger partial charge in [0.1, 0.15) is 5.75 Å². The maximum atomic E-state index is 12.7. The number of carbonyl (C=O) groups is 2. The number of anilines is 1. The fourth-order valence-electron chi connectivity index (χ4n) is 3.01. The van der Waals surface area contributed by atoms with Gasteiger partial charge < -0.3 is 14.4 Å². The lowest BCUT2D eigenvalue weighted by molar-refractivity contribution is -0.126. The van der Waals surface area contributed by atoms with Crippen molar-refractivity contribution in [1.82, 2.24) is 0 Å². The van der Waals surface area contributed by atoms with Crippen molar-refractivity contribution in [3.8, 4) is 5.75 Å². The van der Waals surface area contributed by atoms with Crippen molar-refractivity contribution in [3.05, 3.63) is 59.2 Å². The van der Waals surface area contributed by atoms with E-state index in [1.54, 1.807) is 37.1 Å². The van der Waals surface area contributed by atoms with Crippen LogP contribution in [0.15, 0.2) is 42.5 Å². The van der Waals surface area contributed by atoms with Gasteiger partial charge in [0.2, 0.25) is 0 Å². The van der Waals surface area contributed by atoms with Crippen molar-refractivity contribution in [2.75, 3.05) is 18.6 Å². The number of methoxy groups -OCH3 is 1. The minimum Gasteiger partial charge on any atom is -0.496 e. The van der Waals surface area contributed by atoms with E-state index in [1.807, 2.05) is 31.2 Å². The molecule has 2 aromatic carbocycles. The van der Waals surface area contributed by atoms with Crippen LogP contribution >= 0.6 is 0 Å². The molecule has 2 aromatic rings. The van der Waals surface area contributed by atoms with E-state index in [9.17, 15) is 9.59 Å². The average molecular weight is 339 g/mol. The zero-order valence-electron chi connectivity index (χ0n) is 14.6. The second kappa shape index (κ2) is 6.97. The third kappa shape index (κ3) is 3.36. The summed E-state index contributed by atoms with van der Waals surface area (Å²) < 4.78 is 10.6. The van der Waals surface area contributed by atoms with Gasteiger partial charge in [-0.15, -0.1) is 0 Å². The zero-order chi connectivity index (χ0) is 18.0. The predicted molar refractivity (Wildman–Crippen MR) is 95.1 cm³/mol. The molecular weight excluding hydrogens is 318 g/mol. The summed E-state index contributed by atoms with van der Waals surface area (Å²) in [4.78, 5) is 26.7. The molecule has 1 atom stereocenters. The Kier molecular flexibility index (Phi) is 4.74. The summed E-state index contributed by atoms with van der Waals surface area (Å²) in [6.45, 7) is 4.11. The Morgan fingerprint density at radius 3 is 2.68 bits per heavy atom. The number of nitrogens with zero attached hydrogens (tertiary/aromatic N) is 1. The highest BCUT2D eigenvalue weighted by Gasteiger charge is 2.30. The summed E-state index contributed by atoms with van der Waals surface area (Å²) in [5.41, 5.74) is 3.32. The van der Waals surface area contributed by atoms with Crippen LogP contribution in [-0.2, 0) is 16.0 Å².